The third kappa shape index (κ3) is 7.31. The summed E-state index contributed by atoms with van der Waals surface area (Å²) < 4.78 is 11.2. The van der Waals surface area contributed by atoms with Crippen LogP contribution in [0, 0.1) is 18.8 Å². The fraction of sp³-hybridized carbons (Fsp3) is 0.667. The van der Waals surface area contributed by atoms with Gasteiger partial charge in [0.05, 0.1) is 12.5 Å². The normalized spacial score (nSPS) is 18.3. The number of hydrogen-bond acceptors (Lipinski definition) is 5. The summed E-state index contributed by atoms with van der Waals surface area (Å²) in [6.45, 7) is 14.1. The molecule has 1 aliphatic rings. The van der Waals surface area contributed by atoms with Crippen LogP contribution < -0.4 is 0 Å². The van der Waals surface area contributed by atoms with Gasteiger partial charge < -0.3 is 19.5 Å². The fourth-order valence-electron chi connectivity index (χ4n) is 3.84. The third-order valence-electron chi connectivity index (χ3n) is 4.99. The molecule has 0 radical (unpaired) electrons. The molecule has 6 nitrogen and oxygen atoms in total. The number of benzene rings is 1. The molecule has 2 rings (SSSR count). The maximum atomic E-state index is 13.1. The number of nitrogens with zero attached hydrogens (tertiary/aromatic N) is 1. The highest BCUT2D eigenvalue weighted by Crippen LogP contribution is 2.31. The first kappa shape index (κ1) is 24.2. The summed E-state index contributed by atoms with van der Waals surface area (Å²) in [4.78, 5) is 27.2. The molecule has 1 aromatic carbocycles. The number of carbonyl (C=O) groups excluding carboxylic acids is 2. The van der Waals surface area contributed by atoms with Gasteiger partial charge in [-0.2, -0.15) is 0 Å². The lowest BCUT2D eigenvalue weighted by Gasteiger charge is -2.28. The van der Waals surface area contributed by atoms with Gasteiger partial charge in [-0.1, -0.05) is 23.8 Å². The van der Waals surface area contributed by atoms with Crippen LogP contribution in [0.1, 0.15) is 64.7 Å². The van der Waals surface area contributed by atoms with E-state index in [9.17, 15) is 14.7 Å². The number of aliphatic hydroxyl groups excluding tert-OH is 1. The van der Waals surface area contributed by atoms with Crippen molar-refractivity contribution in [1.82, 2.24) is 4.90 Å². The lowest BCUT2D eigenvalue weighted by Crippen LogP contribution is -2.38. The van der Waals surface area contributed by atoms with Crippen LogP contribution in [0.4, 0.5) is 4.79 Å². The summed E-state index contributed by atoms with van der Waals surface area (Å²) >= 11 is 0. The standard InChI is InChI=1S/C24H37NO5/c1-16-10-17(12-18(11-16)15-26)13-20(21(27)29-23(2,3)4)19-8-9-25(14-19)22(28)30-24(5,6)7/h10-12,19-20,26H,8-9,13-15H2,1-7H3/t19-,20-/m0/s1. The Morgan fingerprint density at radius 1 is 1.07 bits per heavy atom. The van der Waals surface area contributed by atoms with Crippen molar-refractivity contribution in [3.05, 3.63) is 34.9 Å². The van der Waals surface area contributed by atoms with Gasteiger partial charge in [0.15, 0.2) is 0 Å². The Labute approximate surface area is 180 Å². The van der Waals surface area contributed by atoms with E-state index in [2.05, 4.69) is 0 Å². The molecule has 30 heavy (non-hydrogen) atoms. The molecule has 0 saturated carbocycles. The fourth-order valence-corrected chi connectivity index (χ4v) is 3.84. The van der Waals surface area contributed by atoms with Crippen molar-refractivity contribution in [1.29, 1.82) is 0 Å². The Hall–Kier alpha value is -2.08. The van der Waals surface area contributed by atoms with Crippen LogP contribution in [0.25, 0.3) is 0 Å². The smallest absolute Gasteiger partial charge is 0.410 e. The minimum atomic E-state index is -0.582. The van der Waals surface area contributed by atoms with E-state index in [0.717, 1.165) is 23.1 Å². The first-order chi connectivity index (χ1) is 13.8. The van der Waals surface area contributed by atoms with Gasteiger partial charge in [-0.3, -0.25) is 4.79 Å². The number of esters is 1. The number of ether oxygens (including phenoxy) is 2. The Bertz CT molecular complexity index is 760. The summed E-state index contributed by atoms with van der Waals surface area (Å²) in [5.41, 5.74) is 1.73. The molecule has 0 bridgehead atoms. The predicted molar refractivity (Wildman–Crippen MR) is 116 cm³/mol. The Kier molecular flexibility index (Phi) is 7.56. The van der Waals surface area contributed by atoms with E-state index in [1.165, 1.54) is 0 Å². The van der Waals surface area contributed by atoms with E-state index in [-0.39, 0.29) is 30.5 Å². The van der Waals surface area contributed by atoms with Crippen molar-refractivity contribution in [3.63, 3.8) is 0 Å². The molecule has 1 heterocycles. The molecule has 1 saturated heterocycles. The van der Waals surface area contributed by atoms with Crippen molar-refractivity contribution in [2.24, 2.45) is 11.8 Å². The Morgan fingerprint density at radius 2 is 1.67 bits per heavy atom. The molecule has 6 heteroatoms. The van der Waals surface area contributed by atoms with E-state index in [1.807, 2.05) is 66.7 Å². The number of amides is 1. The molecular formula is C24H37NO5. The molecule has 1 aromatic rings. The molecule has 0 unspecified atom stereocenters. The van der Waals surface area contributed by atoms with Crippen molar-refractivity contribution in [3.8, 4) is 0 Å². The second-order valence-electron chi connectivity index (χ2n) is 10.3. The van der Waals surface area contributed by atoms with Crippen molar-refractivity contribution in [2.75, 3.05) is 13.1 Å². The van der Waals surface area contributed by atoms with Gasteiger partial charge in [0.25, 0.3) is 0 Å². The van der Waals surface area contributed by atoms with Crippen LogP contribution in [0.5, 0.6) is 0 Å². The second kappa shape index (κ2) is 9.38. The van der Waals surface area contributed by atoms with Gasteiger partial charge in [-0.05, 0) is 78.4 Å². The minimum absolute atomic E-state index is 0.00884. The maximum absolute atomic E-state index is 13.1. The lowest BCUT2D eigenvalue weighted by atomic mass is 9.85. The van der Waals surface area contributed by atoms with Gasteiger partial charge in [0.1, 0.15) is 11.2 Å². The highest BCUT2D eigenvalue weighted by atomic mass is 16.6. The molecule has 0 spiro atoms. The summed E-state index contributed by atoms with van der Waals surface area (Å²) in [6, 6.07) is 5.91. The molecule has 1 fully saturated rings. The van der Waals surface area contributed by atoms with Crippen molar-refractivity contribution < 1.29 is 24.2 Å². The number of rotatable bonds is 5. The highest BCUT2D eigenvalue weighted by Gasteiger charge is 2.39. The monoisotopic (exact) mass is 419 g/mol. The minimum Gasteiger partial charge on any atom is -0.460 e. The number of carbonyl (C=O) groups is 2. The molecular weight excluding hydrogens is 382 g/mol. The van der Waals surface area contributed by atoms with Gasteiger partial charge in [-0.25, -0.2) is 4.79 Å². The van der Waals surface area contributed by atoms with Crippen LogP contribution in [0.3, 0.4) is 0 Å². The SMILES string of the molecule is Cc1cc(CO)cc(C[C@H](C(=O)OC(C)(C)C)[C@H]2CCN(C(=O)OC(C)(C)C)C2)c1. The topological polar surface area (TPSA) is 76.1 Å². The molecule has 0 aromatic heterocycles. The first-order valence-electron chi connectivity index (χ1n) is 10.7. The van der Waals surface area contributed by atoms with Crippen LogP contribution in [0.15, 0.2) is 18.2 Å². The van der Waals surface area contributed by atoms with Crippen LogP contribution >= 0.6 is 0 Å². The first-order valence-corrected chi connectivity index (χ1v) is 10.7. The molecule has 0 aliphatic carbocycles. The van der Waals surface area contributed by atoms with E-state index in [0.29, 0.717) is 19.5 Å². The zero-order valence-corrected chi connectivity index (χ0v) is 19.4. The van der Waals surface area contributed by atoms with Crippen molar-refractivity contribution >= 4 is 12.1 Å². The quantitative estimate of drug-likeness (QED) is 0.722. The zero-order chi connectivity index (χ0) is 22.7. The maximum Gasteiger partial charge on any atom is 0.410 e. The average Bonchev–Trinajstić information content (AvgIpc) is 3.06. The largest absolute Gasteiger partial charge is 0.460 e. The second-order valence-corrected chi connectivity index (χ2v) is 10.3. The lowest BCUT2D eigenvalue weighted by molar-refractivity contribution is -0.161. The summed E-state index contributed by atoms with van der Waals surface area (Å²) in [6.07, 6.45) is 0.893. The average molecular weight is 420 g/mol. The van der Waals surface area contributed by atoms with Crippen molar-refractivity contribution in [2.45, 2.75) is 79.1 Å². The number of aliphatic hydroxyl groups is 1. The van der Waals surface area contributed by atoms with Gasteiger partial charge in [0, 0.05) is 13.1 Å². The van der Waals surface area contributed by atoms with E-state index in [4.69, 9.17) is 9.47 Å². The Balaban J connectivity index is 2.21. The summed E-state index contributed by atoms with van der Waals surface area (Å²) in [7, 11) is 0. The number of aryl methyl sites for hydroxylation is 1. The molecule has 1 amide bonds. The highest BCUT2D eigenvalue weighted by molar-refractivity contribution is 5.74. The number of hydrogen-bond donors (Lipinski definition) is 1. The van der Waals surface area contributed by atoms with Gasteiger partial charge >= 0.3 is 12.1 Å². The van der Waals surface area contributed by atoms with E-state index < -0.39 is 11.2 Å². The van der Waals surface area contributed by atoms with E-state index in [1.54, 1.807) is 4.90 Å². The zero-order valence-electron chi connectivity index (χ0n) is 19.4. The van der Waals surface area contributed by atoms with Crippen LogP contribution in [0.2, 0.25) is 0 Å². The third-order valence-corrected chi connectivity index (χ3v) is 4.99. The summed E-state index contributed by atoms with van der Waals surface area (Å²) in [5.74, 6) is -0.624. The van der Waals surface area contributed by atoms with Crippen LogP contribution in [-0.2, 0) is 27.3 Å². The molecule has 2 atom stereocenters. The molecule has 168 valence electrons. The molecule has 1 N–H and O–H groups in total. The van der Waals surface area contributed by atoms with E-state index >= 15 is 0 Å². The van der Waals surface area contributed by atoms with Gasteiger partial charge in [0.2, 0.25) is 0 Å². The predicted octanol–water partition coefficient (Wildman–Crippen LogP) is 4.24. The molecule has 1 aliphatic heterocycles. The Morgan fingerprint density at radius 3 is 2.23 bits per heavy atom. The summed E-state index contributed by atoms with van der Waals surface area (Å²) in [5, 5.41) is 9.53. The van der Waals surface area contributed by atoms with Gasteiger partial charge in [-0.15, -0.1) is 0 Å². The van der Waals surface area contributed by atoms with Crippen LogP contribution in [-0.4, -0.2) is 46.4 Å². The number of likely N-dealkylation sites (tertiary alicyclic amines) is 1.